The molecule has 0 aliphatic carbocycles. The highest BCUT2D eigenvalue weighted by molar-refractivity contribution is 5.21. The molecule has 3 heteroatoms. The van der Waals surface area contributed by atoms with Crippen LogP contribution in [0.1, 0.15) is 25.3 Å². The van der Waals surface area contributed by atoms with E-state index in [2.05, 4.69) is 62.4 Å². The number of halogens is 2. The highest BCUT2D eigenvalue weighted by Crippen LogP contribution is 2.08. The van der Waals surface area contributed by atoms with Crippen LogP contribution >= 0.6 is 0 Å². The molecule has 108 valence electrons. The van der Waals surface area contributed by atoms with Crippen LogP contribution in [0.25, 0.3) is 0 Å². The third kappa shape index (κ3) is 5.71. The molecule has 0 atom stereocenters. The van der Waals surface area contributed by atoms with E-state index in [1.54, 1.807) is 0 Å². The van der Waals surface area contributed by atoms with Crippen LogP contribution in [-0.4, -0.2) is 6.61 Å². The molecule has 0 saturated heterocycles. The van der Waals surface area contributed by atoms with Gasteiger partial charge in [-0.05, 0) is 49.7 Å². The highest BCUT2D eigenvalue weighted by atomic mass is 127. The van der Waals surface area contributed by atoms with Crippen molar-refractivity contribution in [1.82, 2.24) is 0 Å². The van der Waals surface area contributed by atoms with Crippen LogP contribution in [-0.2, 0) is 0 Å². The van der Waals surface area contributed by atoms with Crippen molar-refractivity contribution >= 4 is 0 Å². The SMILES string of the molecule is CCCCOc1ccc([I+]c2ccc(C)cc2)cc1.[Cl-]. The Kier molecular flexibility index (Phi) is 8.00. The van der Waals surface area contributed by atoms with E-state index >= 15 is 0 Å². The summed E-state index contributed by atoms with van der Waals surface area (Å²) >= 11 is -0.0692. The summed E-state index contributed by atoms with van der Waals surface area (Å²) in [7, 11) is 0. The summed E-state index contributed by atoms with van der Waals surface area (Å²) in [4.78, 5) is 0. The summed E-state index contributed by atoms with van der Waals surface area (Å²) in [5, 5.41) is 0. The van der Waals surface area contributed by atoms with E-state index in [1.165, 1.54) is 19.1 Å². The first-order chi connectivity index (χ1) is 9.28. The lowest BCUT2D eigenvalue weighted by molar-refractivity contribution is -0.597. The number of benzene rings is 2. The quantitative estimate of drug-likeness (QED) is 0.414. The largest absolute Gasteiger partial charge is 1.00 e. The van der Waals surface area contributed by atoms with Crippen LogP contribution in [0.5, 0.6) is 5.75 Å². The van der Waals surface area contributed by atoms with Crippen LogP contribution in [0.3, 0.4) is 0 Å². The zero-order valence-electron chi connectivity index (χ0n) is 11.9. The first-order valence-electron chi connectivity index (χ1n) is 6.72. The van der Waals surface area contributed by atoms with Gasteiger partial charge in [0.1, 0.15) is 5.75 Å². The summed E-state index contributed by atoms with van der Waals surface area (Å²) < 4.78 is 8.58. The Balaban J connectivity index is 0.00000200. The topological polar surface area (TPSA) is 9.23 Å². The van der Waals surface area contributed by atoms with Crippen LogP contribution in [0.15, 0.2) is 48.5 Å². The maximum Gasteiger partial charge on any atom is 0.357 e. The molecule has 0 amide bonds. The highest BCUT2D eigenvalue weighted by Gasteiger charge is 2.14. The number of hydrogen-bond donors (Lipinski definition) is 0. The van der Waals surface area contributed by atoms with Crippen LogP contribution in [0.4, 0.5) is 0 Å². The van der Waals surface area contributed by atoms with Crippen molar-refractivity contribution in [2.45, 2.75) is 26.7 Å². The van der Waals surface area contributed by atoms with E-state index in [0.29, 0.717) is 0 Å². The van der Waals surface area contributed by atoms with Crippen molar-refractivity contribution in [1.29, 1.82) is 0 Å². The summed E-state index contributed by atoms with van der Waals surface area (Å²) in [6, 6.07) is 17.5. The number of rotatable bonds is 6. The van der Waals surface area contributed by atoms with Crippen molar-refractivity contribution in [3.8, 4) is 5.75 Å². The Morgan fingerprint density at radius 2 is 1.45 bits per heavy atom. The first-order valence-corrected chi connectivity index (χ1v) is 8.88. The zero-order chi connectivity index (χ0) is 13.5. The van der Waals surface area contributed by atoms with Crippen LogP contribution < -0.4 is 38.3 Å². The Morgan fingerprint density at radius 1 is 0.900 bits per heavy atom. The summed E-state index contributed by atoms with van der Waals surface area (Å²) in [6.45, 7) is 5.13. The second-order valence-corrected chi connectivity index (χ2v) is 7.58. The normalized spacial score (nSPS) is 9.90. The maximum absolute atomic E-state index is 5.68. The van der Waals surface area contributed by atoms with Gasteiger partial charge in [0.25, 0.3) is 0 Å². The predicted molar refractivity (Wildman–Crippen MR) is 75.4 cm³/mol. The second kappa shape index (κ2) is 9.24. The molecule has 0 fully saturated rings. The van der Waals surface area contributed by atoms with Crippen molar-refractivity contribution < 1.29 is 38.3 Å². The van der Waals surface area contributed by atoms with Gasteiger partial charge in [0, 0.05) is 0 Å². The molecule has 1 nitrogen and oxygen atoms in total. The molecular formula is C17H20ClIO. The average molecular weight is 403 g/mol. The van der Waals surface area contributed by atoms with Gasteiger partial charge < -0.3 is 17.1 Å². The van der Waals surface area contributed by atoms with Crippen LogP contribution in [0, 0.1) is 14.1 Å². The molecule has 2 aromatic rings. The Bertz CT molecular complexity index is 493. The fourth-order valence-corrected chi connectivity index (χ4v) is 3.81. The maximum atomic E-state index is 5.68. The molecule has 20 heavy (non-hydrogen) atoms. The van der Waals surface area contributed by atoms with E-state index in [-0.39, 0.29) is 33.6 Å². The van der Waals surface area contributed by atoms with Crippen LogP contribution in [0.2, 0.25) is 0 Å². The Morgan fingerprint density at radius 3 is 2.00 bits per heavy atom. The fourth-order valence-electron chi connectivity index (χ4n) is 1.65. The molecule has 0 aromatic heterocycles. The van der Waals surface area contributed by atoms with E-state index in [9.17, 15) is 0 Å². The van der Waals surface area contributed by atoms with Crippen molar-refractivity contribution in [2.75, 3.05) is 6.61 Å². The lowest BCUT2D eigenvalue weighted by Crippen LogP contribution is -3.61. The standard InChI is InChI=1S/C17H20IO.ClH/c1-3-4-13-19-17-11-9-16(10-12-17)18-15-7-5-14(2)6-8-15;/h5-12H,3-4,13H2,1-2H3;1H/q+1;/p-1. The smallest absolute Gasteiger partial charge is 0.357 e. The minimum atomic E-state index is -0.0692. The molecule has 0 radical (unpaired) electrons. The van der Waals surface area contributed by atoms with Gasteiger partial charge >= 0.3 is 21.2 Å². The molecule has 0 spiro atoms. The second-order valence-electron chi connectivity index (χ2n) is 4.55. The molecule has 0 aliphatic heterocycles. The Hall–Kier alpha value is -0.740. The number of unbranched alkanes of at least 4 members (excludes halogenated alkanes) is 1. The van der Waals surface area contributed by atoms with E-state index in [0.717, 1.165) is 18.8 Å². The molecule has 0 saturated carbocycles. The number of hydrogen-bond acceptors (Lipinski definition) is 1. The molecule has 0 bridgehead atoms. The molecule has 2 aromatic carbocycles. The third-order valence-electron chi connectivity index (χ3n) is 2.81. The van der Waals surface area contributed by atoms with Gasteiger partial charge in [0.2, 0.25) is 0 Å². The summed E-state index contributed by atoms with van der Waals surface area (Å²) in [5.41, 5.74) is 1.33. The van der Waals surface area contributed by atoms with Gasteiger partial charge in [-0.2, -0.15) is 0 Å². The molecule has 0 unspecified atom stereocenters. The van der Waals surface area contributed by atoms with Crippen molar-refractivity contribution in [3.05, 3.63) is 61.2 Å². The van der Waals surface area contributed by atoms with Gasteiger partial charge in [-0.25, -0.2) is 0 Å². The Labute approximate surface area is 138 Å². The van der Waals surface area contributed by atoms with Gasteiger partial charge in [-0.1, -0.05) is 31.0 Å². The molecule has 0 N–H and O–H groups in total. The molecule has 0 aliphatic rings. The molecular weight excluding hydrogens is 383 g/mol. The molecule has 0 heterocycles. The summed E-state index contributed by atoms with van der Waals surface area (Å²) in [5.74, 6) is 0.991. The summed E-state index contributed by atoms with van der Waals surface area (Å²) in [6.07, 6.45) is 2.30. The van der Waals surface area contributed by atoms with Gasteiger partial charge in [0.05, 0.1) is 6.61 Å². The zero-order valence-corrected chi connectivity index (χ0v) is 14.8. The minimum absolute atomic E-state index is 0. The monoisotopic (exact) mass is 402 g/mol. The first kappa shape index (κ1) is 17.3. The van der Waals surface area contributed by atoms with E-state index in [1.807, 2.05) is 0 Å². The average Bonchev–Trinajstić information content (AvgIpc) is 2.44. The molecule has 2 rings (SSSR count). The van der Waals surface area contributed by atoms with Crippen molar-refractivity contribution in [2.24, 2.45) is 0 Å². The van der Waals surface area contributed by atoms with E-state index in [4.69, 9.17) is 4.74 Å². The minimum Gasteiger partial charge on any atom is -1.00 e. The fraction of sp³-hybridized carbons (Fsp3) is 0.294. The van der Waals surface area contributed by atoms with E-state index < -0.39 is 0 Å². The van der Waals surface area contributed by atoms with Gasteiger partial charge in [-0.3, -0.25) is 0 Å². The lowest BCUT2D eigenvalue weighted by Gasteiger charge is -2.03. The number of aryl methyl sites for hydroxylation is 1. The number of ether oxygens (including phenoxy) is 1. The van der Waals surface area contributed by atoms with Crippen molar-refractivity contribution in [3.63, 3.8) is 0 Å². The lowest BCUT2D eigenvalue weighted by atomic mass is 10.2. The predicted octanol–water partition coefficient (Wildman–Crippen LogP) is -1.69. The van der Waals surface area contributed by atoms with Gasteiger partial charge in [-0.15, -0.1) is 0 Å². The van der Waals surface area contributed by atoms with Gasteiger partial charge in [0.15, 0.2) is 7.14 Å². The third-order valence-corrected chi connectivity index (χ3v) is 5.49.